The van der Waals surface area contributed by atoms with Gasteiger partial charge in [-0.25, -0.2) is 0 Å². The third-order valence-electron chi connectivity index (χ3n) is 3.95. The standard InChI is InChI=1S/C15H24F3NO2Si/c1-14(2,3)22(4,5)21-10-9-20-13-11(15(16,17)18)7-6-8-12(13)19/h6-8H,9-10,19H2,1-5H3. The lowest BCUT2D eigenvalue weighted by Gasteiger charge is -2.36. The maximum atomic E-state index is 12.9. The number of rotatable bonds is 5. The average molecular weight is 335 g/mol. The Hall–Kier alpha value is -1.21. The van der Waals surface area contributed by atoms with Crippen molar-refractivity contribution in [1.82, 2.24) is 0 Å². The Balaban J connectivity index is 2.71. The smallest absolute Gasteiger partial charge is 0.420 e. The summed E-state index contributed by atoms with van der Waals surface area (Å²) in [5.74, 6) is -0.325. The molecule has 0 amide bonds. The van der Waals surface area contributed by atoms with E-state index in [2.05, 4.69) is 33.9 Å². The van der Waals surface area contributed by atoms with Crippen molar-refractivity contribution in [3.05, 3.63) is 23.8 Å². The van der Waals surface area contributed by atoms with Crippen LogP contribution in [-0.4, -0.2) is 21.5 Å². The van der Waals surface area contributed by atoms with Crippen molar-refractivity contribution in [3.8, 4) is 5.75 Å². The van der Waals surface area contributed by atoms with Gasteiger partial charge >= 0.3 is 6.18 Å². The molecule has 0 spiro atoms. The summed E-state index contributed by atoms with van der Waals surface area (Å²) < 4.78 is 49.9. The van der Waals surface area contributed by atoms with Crippen LogP contribution < -0.4 is 10.5 Å². The number of hydrogen-bond donors (Lipinski definition) is 1. The maximum absolute atomic E-state index is 12.9. The zero-order valence-electron chi connectivity index (χ0n) is 13.7. The van der Waals surface area contributed by atoms with Gasteiger partial charge in [0.25, 0.3) is 0 Å². The molecule has 0 aromatic heterocycles. The zero-order valence-corrected chi connectivity index (χ0v) is 14.7. The first-order valence-electron chi connectivity index (χ1n) is 7.09. The summed E-state index contributed by atoms with van der Waals surface area (Å²) in [6.45, 7) is 10.7. The van der Waals surface area contributed by atoms with Gasteiger partial charge in [-0.1, -0.05) is 26.8 Å². The summed E-state index contributed by atoms with van der Waals surface area (Å²) in [5.41, 5.74) is 4.71. The monoisotopic (exact) mass is 335 g/mol. The van der Waals surface area contributed by atoms with Gasteiger partial charge in [0.2, 0.25) is 0 Å². The topological polar surface area (TPSA) is 44.5 Å². The molecule has 0 saturated carbocycles. The molecule has 0 aliphatic heterocycles. The molecule has 3 nitrogen and oxygen atoms in total. The fourth-order valence-electron chi connectivity index (χ4n) is 1.60. The molecule has 0 fully saturated rings. The molecule has 0 bridgehead atoms. The number of benzene rings is 1. The highest BCUT2D eigenvalue weighted by Crippen LogP contribution is 2.39. The van der Waals surface area contributed by atoms with Gasteiger partial charge in [-0.2, -0.15) is 13.2 Å². The molecule has 126 valence electrons. The van der Waals surface area contributed by atoms with Crippen molar-refractivity contribution in [1.29, 1.82) is 0 Å². The largest absolute Gasteiger partial charge is 0.488 e. The Labute approximate surface area is 130 Å². The summed E-state index contributed by atoms with van der Waals surface area (Å²) in [6.07, 6.45) is -4.50. The van der Waals surface area contributed by atoms with Crippen LogP contribution in [-0.2, 0) is 10.6 Å². The number of nitrogens with two attached hydrogens (primary N) is 1. The first-order chi connectivity index (χ1) is 9.86. The number of nitrogen functional groups attached to an aromatic ring is 1. The Bertz CT molecular complexity index is 510. The van der Waals surface area contributed by atoms with Gasteiger partial charge < -0.3 is 14.9 Å². The van der Waals surface area contributed by atoms with Gasteiger partial charge in [0, 0.05) is 0 Å². The molecule has 0 radical (unpaired) electrons. The van der Waals surface area contributed by atoms with Crippen LogP contribution in [0.15, 0.2) is 18.2 Å². The Morgan fingerprint density at radius 2 is 1.68 bits per heavy atom. The predicted molar refractivity (Wildman–Crippen MR) is 84.5 cm³/mol. The summed E-state index contributed by atoms with van der Waals surface area (Å²) in [5, 5.41) is 0.0376. The Kier molecular flexibility index (Phi) is 5.56. The van der Waals surface area contributed by atoms with E-state index in [0.29, 0.717) is 0 Å². The van der Waals surface area contributed by atoms with Crippen LogP contribution in [0, 0.1) is 0 Å². The molecule has 0 aliphatic rings. The number of ether oxygens (including phenoxy) is 1. The van der Waals surface area contributed by atoms with E-state index in [-0.39, 0.29) is 29.7 Å². The minimum Gasteiger partial charge on any atom is -0.488 e. The summed E-state index contributed by atoms with van der Waals surface area (Å²) in [4.78, 5) is 0. The van der Waals surface area contributed by atoms with E-state index in [0.717, 1.165) is 6.07 Å². The highest BCUT2D eigenvalue weighted by Gasteiger charge is 2.37. The SMILES string of the molecule is CC(C)(C)[Si](C)(C)OCCOc1c(N)cccc1C(F)(F)F. The van der Waals surface area contributed by atoms with Gasteiger partial charge in [0.05, 0.1) is 17.9 Å². The van der Waals surface area contributed by atoms with Crippen LogP contribution >= 0.6 is 0 Å². The lowest BCUT2D eigenvalue weighted by atomic mass is 10.1. The average Bonchev–Trinajstić information content (AvgIpc) is 2.33. The van der Waals surface area contributed by atoms with Gasteiger partial charge in [-0.05, 0) is 30.3 Å². The van der Waals surface area contributed by atoms with Crippen LogP contribution in [0.2, 0.25) is 18.1 Å². The van der Waals surface area contributed by atoms with Crippen molar-refractivity contribution in [2.24, 2.45) is 0 Å². The zero-order chi connectivity index (χ0) is 17.2. The number of alkyl halides is 3. The number of anilines is 1. The van der Waals surface area contributed by atoms with E-state index in [9.17, 15) is 13.2 Å². The third-order valence-corrected chi connectivity index (χ3v) is 8.49. The molecule has 1 aromatic rings. The Morgan fingerprint density at radius 3 is 2.18 bits per heavy atom. The minimum atomic E-state index is -4.50. The van der Waals surface area contributed by atoms with E-state index in [1.807, 2.05) is 0 Å². The van der Waals surface area contributed by atoms with Crippen molar-refractivity contribution in [2.45, 2.75) is 45.1 Å². The Morgan fingerprint density at radius 1 is 1.09 bits per heavy atom. The molecule has 1 aromatic carbocycles. The molecule has 0 saturated heterocycles. The molecule has 7 heteroatoms. The van der Waals surface area contributed by atoms with Crippen LogP contribution in [0.25, 0.3) is 0 Å². The van der Waals surface area contributed by atoms with Crippen LogP contribution in [0.5, 0.6) is 5.75 Å². The van der Waals surface area contributed by atoms with Gasteiger partial charge in [0.1, 0.15) is 6.61 Å². The third kappa shape index (κ3) is 4.64. The maximum Gasteiger partial charge on any atom is 0.420 e. The van der Waals surface area contributed by atoms with Crippen molar-refractivity contribution in [2.75, 3.05) is 18.9 Å². The summed E-state index contributed by atoms with van der Waals surface area (Å²) in [6, 6.07) is 3.61. The molecule has 0 aliphatic carbocycles. The van der Waals surface area contributed by atoms with Gasteiger partial charge in [-0.3, -0.25) is 0 Å². The second-order valence-corrected chi connectivity index (χ2v) is 11.5. The molecule has 0 atom stereocenters. The molecule has 22 heavy (non-hydrogen) atoms. The van der Waals surface area contributed by atoms with Gasteiger partial charge in [-0.15, -0.1) is 0 Å². The second kappa shape index (κ2) is 6.50. The fourth-order valence-corrected chi connectivity index (χ4v) is 2.62. The van der Waals surface area contributed by atoms with E-state index >= 15 is 0 Å². The lowest BCUT2D eigenvalue weighted by molar-refractivity contribution is -0.138. The molecule has 2 N–H and O–H groups in total. The first kappa shape index (κ1) is 18.8. The predicted octanol–water partition coefficient (Wildman–Crippen LogP) is 4.69. The quantitative estimate of drug-likeness (QED) is 0.482. The van der Waals surface area contributed by atoms with Crippen molar-refractivity contribution < 1.29 is 22.3 Å². The molecule has 0 unspecified atom stereocenters. The van der Waals surface area contributed by atoms with Crippen LogP contribution in [0.4, 0.5) is 18.9 Å². The summed E-state index contributed by atoms with van der Waals surface area (Å²) >= 11 is 0. The van der Waals surface area contributed by atoms with E-state index in [1.165, 1.54) is 12.1 Å². The minimum absolute atomic E-state index is 0.0258. The van der Waals surface area contributed by atoms with E-state index in [1.54, 1.807) is 0 Å². The summed E-state index contributed by atoms with van der Waals surface area (Å²) in [7, 11) is -1.94. The lowest BCUT2D eigenvalue weighted by Crippen LogP contribution is -2.41. The van der Waals surface area contributed by atoms with E-state index < -0.39 is 20.1 Å². The number of halogens is 3. The van der Waals surface area contributed by atoms with E-state index in [4.69, 9.17) is 14.9 Å². The van der Waals surface area contributed by atoms with Crippen LogP contribution in [0.3, 0.4) is 0 Å². The molecular weight excluding hydrogens is 311 g/mol. The van der Waals surface area contributed by atoms with Crippen molar-refractivity contribution in [3.63, 3.8) is 0 Å². The second-order valence-electron chi connectivity index (χ2n) is 6.68. The highest BCUT2D eigenvalue weighted by molar-refractivity contribution is 6.74. The fraction of sp³-hybridized carbons (Fsp3) is 0.600. The van der Waals surface area contributed by atoms with Crippen molar-refractivity contribution >= 4 is 14.0 Å². The first-order valence-corrected chi connectivity index (χ1v) is 9.99. The van der Waals surface area contributed by atoms with Gasteiger partial charge in [0.15, 0.2) is 14.1 Å². The molecule has 1 rings (SSSR count). The number of hydrogen-bond acceptors (Lipinski definition) is 3. The number of para-hydroxylation sites is 1. The van der Waals surface area contributed by atoms with Crippen LogP contribution in [0.1, 0.15) is 26.3 Å². The molecular formula is C15H24F3NO2Si. The highest BCUT2D eigenvalue weighted by atomic mass is 28.4. The normalized spacial score (nSPS) is 13.3. The molecule has 0 heterocycles.